The van der Waals surface area contributed by atoms with Gasteiger partial charge in [0.1, 0.15) is 5.82 Å². The maximum absolute atomic E-state index is 4.57. The standard InChI is InChI=1S/C23H27N5/c1-17-11-14-28(15-12-17)21-8-6-19(7-9-21)25-22-10-13-24-23(27-22)26-20-5-3-4-18(2)16-20/h3-10,13,16-17H,11-12,14-15H2,1-2H3,(H2,24,25,26,27). The Hall–Kier alpha value is -3.08. The molecule has 1 fully saturated rings. The second-order valence-corrected chi connectivity index (χ2v) is 7.60. The molecule has 4 rings (SSSR count). The van der Waals surface area contributed by atoms with Crippen LogP contribution in [0.1, 0.15) is 25.3 Å². The molecule has 0 radical (unpaired) electrons. The normalized spacial score (nSPS) is 14.7. The molecule has 0 atom stereocenters. The minimum absolute atomic E-state index is 0.578. The van der Waals surface area contributed by atoms with Gasteiger partial charge in [-0.15, -0.1) is 0 Å². The van der Waals surface area contributed by atoms with Crippen molar-refractivity contribution in [3.8, 4) is 0 Å². The molecule has 28 heavy (non-hydrogen) atoms. The number of hydrogen-bond acceptors (Lipinski definition) is 5. The lowest BCUT2D eigenvalue weighted by molar-refractivity contribution is 0.438. The van der Waals surface area contributed by atoms with Crippen LogP contribution in [0.15, 0.2) is 60.8 Å². The maximum atomic E-state index is 4.57. The average Bonchev–Trinajstić information content (AvgIpc) is 2.70. The molecule has 0 aliphatic carbocycles. The van der Waals surface area contributed by atoms with Crippen molar-refractivity contribution in [3.05, 3.63) is 66.4 Å². The van der Waals surface area contributed by atoms with Crippen LogP contribution in [-0.4, -0.2) is 23.1 Å². The second kappa shape index (κ2) is 8.30. The number of anilines is 5. The smallest absolute Gasteiger partial charge is 0.229 e. The van der Waals surface area contributed by atoms with Crippen LogP contribution in [0.4, 0.5) is 28.8 Å². The van der Waals surface area contributed by atoms with Crippen LogP contribution in [0.25, 0.3) is 0 Å². The first-order chi connectivity index (χ1) is 13.7. The van der Waals surface area contributed by atoms with E-state index in [1.165, 1.54) is 24.1 Å². The van der Waals surface area contributed by atoms with Crippen molar-refractivity contribution in [1.82, 2.24) is 9.97 Å². The van der Waals surface area contributed by atoms with Gasteiger partial charge in [-0.05, 0) is 73.7 Å². The lowest BCUT2D eigenvalue weighted by Crippen LogP contribution is -2.32. The van der Waals surface area contributed by atoms with Crippen molar-refractivity contribution in [3.63, 3.8) is 0 Å². The third-order valence-electron chi connectivity index (χ3n) is 5.22. The minimum atomic E-state index is 0.578. The number of hydrogen-bond donors (Lipinski definition) is 2. The van der Waals surface area contributed by atoms with Gasteiger partial charge in [0.05, 0.1) is 0 Å². The van der Waals surface area contributed by atoms with E-state index in [1.807, 2.05) is 18.2 Å². The molecule has 2 aromatic carbocycles. The van der Waals surface area contributed by atoms with Gasteiger partial charge in [-0.1, -0.05) is 19.1 Å². The first-order valence-corrected chi connectivity index (χ1v) is 9.94. The highest BCUT2D eigenvalue weighted by molar-refractivity contribution is 5.62. The summed E-state index contributed by atoms with van der Waals surface area (Å²) in [5.41, 5.74) is 4.50. The van der Waals surface area contributed by atoms with Crippen molar-refractivity contribution < 1.29 is 0 Å². The summed E-state index contributed by atoms with van der Waals surface area (Å²) in [5, 5.41) is 6.63. The van der Waals surface area contributed by atoms with Crippen LogP contribution in [-0.2, 0) is 0 Å². The Bertz CT molecular complexity index is 914. The Morgan fingerprint density at radius 1 is 0.929 bits per heavy atom. The van der Waals surface area contributed by atoms with Crippen LogP contribution in [0.3, 0.4) is 0 Å². The lowest BCUT2D eigenvalue weighted by Gasteiger charge is -2.32. The fourth-order valence-corrected chi connectivity index (χ4v) is 3.51. The molecule has 0 saturated carbocycles. The van der Waals surface area contributed by atoms with E-state index in [1.54, 1.807) is 6.20 Å². The molecular weight excluding hydrogens is 346 g/mol. The van der Waals surface area contributed by atoms with Crippen LogP contribution in [0.5, 0.6) is 0 Å². The van der Waals surface area contributed by atoms with Gasteiger partial charge in [-0.25, -0.2) is 4.98 Å². The molecular formula is C23H27N5. The van der Waals surface area contributed by atoms with E-state index in [0.717, 1.165) is 36.2 Å². The first-order valence-electron chi connectivity index (χ1n) is 9.94. The van der Waals surface area contributed by atoms with Gasteiger partial charge in [0.15, 0.2) is 0 Å². The molecule has 3 aromatic rings. The predicted molar refractivity (Wildman–Crippen MR) is 117 cm³/mol. The number of aryl methyl sites for hydroxylation is 1. The van der Waals surface area contributed by atoms with Gasteiger partial charge >= 0.3 is 0 Å². The molecule has 1 aliphatic rings. The average molecular weight is 374 g/mol. The van der Waals surface area contributed by atoms with Crippen molar-refractivity contribution >= 4 is 28.8 Å². The highest BCUT2D eigenvalue weighted by Gasteiger charge is 2.15. The number of benzene rings is 2. The largest absolute Gasteiger partial charge is 0.372 e. The Labute approximate surface area is 166 Å². The van der Waals surface area contributed by atoms with Crippen molar-refractivity contribution in [2.24, 2.45) is 5.92 Å². The van der Waals surface area contributed by atoms with E-state index in [0.29, 0.717) is 5.95 Å². The van der Waals surface area contributed by atoms with Crippen molar-refractivity contribution in [1.29, 1.82) is 0 Å². The fraction of sp³-hybridized carbons (Fsp3) is 0.304. The molecule has 144 valence electrons. The van der Waals surface area contributed by atoms with E-state index in [9.17, 15) is 0 Å². The molecule has 0 spiro atoms. The van der Waals surface area contributed by atoms with E-state index in [2.05, 4.69) is 75.7 Å². The summed E-state index contributed by atoms with van der Waals surface area (Å²) < 4.78 is 0. The van der Waals surface area contributed by atoms with Crippen LogP contribution in [0.2, 0.25) is 0 Å². The molecule has 0 unspecified atom stereocenters. The van der Waals surface area contributed by atoms with Gasteiger partial charge in [-0.2, -0.15) is 4.98 Å². The summed E-state index contributed by atoms with van der Waals surface area (Å²) in [6, 6.07) is 18.6. The number of nitrogens with zero attached hydrogens (tertiary/aromatic N) is 3. The van der Waals surface area contributed by atoms with Gasteiger partial charge in [-0.3, -0.25) is 0 Å². The monoisotopic (exact) mass is 373 g/mol. The van der Waals surface area contributed by atoms with Crippen molar-refractivity contribution in [2.75, 3.05) is 28.6 Å². The fourth-order valence-electron chi connectivity index (χ4n) is 3.51. The first kappa shape index (κ1) is 18.3. The minimum Gasteiger partial charge on any atom is -0.372 e. The topological polar surface area (TPSA) is 53.1 Å². The summed E-state index contributed by atoms with van der Waals surface area (Å²) in [6.07, 6.45) is 4.31. The second-order valence-electron chi connectivity index (χ2n) is 7.60. The summed E-state index contributed by atoms with van der Waals surface area (Å²) in [4.78, 5) is 11.4. The summed E-state index contributed by atoms with van der Waals surface area (Å²) in [6.45, 7) is 6.70. The van der Waals surface area contributed by atoms with Gasteiger partial charge < -0.3 is 15.5 Å². The van der Waals surface area contributed by atoms with E-state index in [-0.39, 0.29) is 0 Å². The molecule has 5 heteroatoms. The Balaban J connectivity index is 1.41. The molecule has 2 heterocycles. The third kappa shape index (κ3) is 4.60. The number of rotatable bonds is 5. The molecule has 2 N–H and O–H groups in total. The van der Waals surface area contributed by atoms with Crippen LogP contribution < -0.4 is 15.5 Å². The third-order valence-corrected chi connectivity index (χ3v) is 5.22. The molecule has 0 amide bonds. The van der Waals surface area contributed by atoms with E-state index < -0.39 is 0 Å². The number of nitrogens with one attached hydrogen (secondary N) is 2. The van der Waals surface area contributed by atoms with Crippen molar-refractivity contribution in [2.45, 2.75) is 26.7 Å². The zero-order chi connectivity index (χ0) is 19.3. The highest BCUT2D eigenvalue weighted by Crippen LogP contribution is 2.25. The molecule has 1 saturated heterocycles. The summed E-state index contributed by atoms with van der Waals surface area (Å²) in [7, 11) is 0. The Morgan fingerprint density at radius 2 is 1.71 bits per heavy atom. The number of aromatic nitrogens is 2. The quantitative estimate of drug-likeness (QED) is 0.618. The van der Waals surface area contributed by atoms with E-state index in [4.69, 9.17) is 0 Å². The SMILES string of the molecule is Cc1cccc(Nc2nccc(Nc3ccc(N4CCC(C)CC4)cc3)n2)c1. The lowest BCUT2D eigenvalue weighted by atomic mass is 9.99. The van der Waals surface area contributed by atoms with Crippen LogP contribution >= 0.6 is 0 Å². The molecule has 1 aliphatic heterocycles. The molecule has 5 nitrogen and oxygen atoms in total. The van der Waals surface area contributed by atoms with Crippen LogP contribution in [0, 0.1) is 12.8 Å². The summed E-state index contributed by atoms with van der Waals surface area (Å²) in [5.74, 6) is 2.19. The Kier molecular flexibility index (Phi) is 5.42. The highest BCUT2D eigenvalue weighted by atomic mass is 15.1. The zero-order valence-corrected chi connectivity index (χ0v) is 16.5. The van der Waals surface area contributed by atoms with Gasteiger partial charge in [0, 0.05) is 36.3 Å². The zero-order valence-electron chi connectivity index (χ0n) is 16.5. The van der Waals surface area contributed by atoms with Gasteiger partial charge in [0.25, 0.3) is 0 Å². The molecule has 0 bridgehead atoms. The molecule has 1 aromatic heterocycles. The number of piperidine rings is 1. The summed E-state index contributed by atoms with van der Waals surface area (Å²) >= 11 is 0. The van der Waals surface area contributed by atoms with Gasteiger partial charge in [0.2, 0.25) is 5.95 Å². The predicted octanol–water partition coefficient (Wildman–Crippen LogP) is 5.51. The maximum Gasteiger partial charge on any atom is 0.229 e. The Morgan fingerprint density at radius 3 is 2.46 bits per heavy atom. The van der Waals surface area contributed by atoms with E-state index >= 15 is 0 Å².